The van der Waals surface area contributed by atoms with Crippen LogP contribution in [0.25, 0.3) is 0 Å². The van der Waals surface area contributed by atoms with Crippen LogP contribution in [-0.4, -0.2) is 9.97 Å². The molecule has 21 heavy (non-hydrogen) atoms. The van der Waals surface area contributed by atoms with E-state index in [4.69, 9.17) is 4.98 Å². The van der Waals surface area contributed by atoms with Crippen LogP contribution in [0.5, 0.6) is 0 Å². The third-order valence-electron chi connectivity index (χ3n) is 6.12. The average Bonchev–Trinajstić information content (AvgIpc) is 2.85. The number of aromatic nitrogens is 2. The zero-order valence-electron chi connectivity index (χ0n) is 13.9. The zero-order valence-corrected chi connectivity index (χ0v) is 13.9. The second-order valence-corrected chi connectivity index (χ2v) is 7.64. The maximum absolute atomic E-state index is 4.73. The molecule has 1 aromatic rings. The molecule has 4 unspecified atom stereocenters. The van der Waals surface area contributed by atoms with Crippen LogP contribution in [-0.2, 0) is 0 Å². The maximum atomic E-state index is 4.73. The summed E-state index contributed by atoms with van der Waals surface area (Å²) in [6.45, 7) is 4.66. The third kappa shape index (κ3) is 3.52. The molecule has 0 bridgehead atoms. The highest BCUT2D eigenvalue weighted by Crippen LogP contribution is 2.46. The number of nitrogens with one attached hydrogen (secondary N) is 1. The predicted octanol–water partition coefficient (Wildman–Crippen LogP) is 5.60. The van der Waals surface area contributed by atoms with Crippen molar-refractivity contribution in [1.82, 2.24) is 9.97 Å². The Bertz CT molecular complexity index is 437. The molecule has 2 nitrogen and oxygen atoms in total. The van der Waals surface area contributed by atoms with Gasteiger partial charge in [0, 0.05) is 17.8 Å². The number of hydrogen-bond donors (Lipinski definition) is 1. The fourth-order valence-electron chi connectivity index (χ4n) is 4.97. The Morgan fingerprint density at radius 2 is 1.57 bits per heavy atom. The van der Waals surface area contributed by atoms with Gasteiger partial charge < -0.3 is 4.98 Å². The van der Waals surface area contributed by atoms with E-state index in [9.17, 15) is 0 Å². The summed E-state index contributed by atoms with van der Waals surface area (Å²) in [6.07, 6.45) is 16.3. The molecule has 0 spiro atoms. The molecule has 2 fully saturated rings. The SMILES string of the molecule is Cc1cnc(C2CCCCCCC3C(C)CCCCC23)[nH]1. The highest BCUT2D eigenvalue weighted by atomic mass is 14.9. The van der Waals surface area contributed by atoms with Gasteiger partial charge in [-0.1, -0.05) is 51.9 Å². The predicted molar refractivity (Wildman–Crippen MR) is 88.4 cm³/mol. The summed E-state index contributed by atoms with van der Waals surface area (Å²) in [5, 5.41) is 0. The van der Waals surface area contributed by atoms with Crippen LogP contribution in [0.2, 0.25) is 0 Å². The Morgan fingerprint density at radius 1 is 0.905 bits per heavy atom. The van der Waals surface area contributed by atoms with Crippen LogP contribution >= 0.6 is 0 Å². The topological polar surface area (TPSA) is 28.7 Å². The fourth-order valence-corrected chi connectivity index (χ4v) is 4.97. The summed E-state index contributed by atoms with van der Waals surface area (Å²) in [4.78, 5) is 8.30. The Kier molecular flexibility index (Phi) is 5.03. The molecule has 3 rings (SSSR count). The molecule has 1 heterocycles. The van der Waals surface area contributed by atoms with Crippen molar-refractivity contribution in [1.29, 1.82) is 0 Å². The molecule has 4 atom stereocenters. The van der Waals surface area contributed by atoms with Crippen molar-refractivity contribution in [2.45, 2.75) is 84.0 Å². The van der Waals surface area contributed by atoms with Gasteiger partial charge in [0.05, 0.1) is 0 Å². The second-order valence-electron chi connectivity index (χ2n) is 7.64. The second kappa shape index (κ2) is 6.98. The minimum absolute atomic E-state index is 0.683. The van der Waals surface area contributed by atoms with Crippen molar-refractivity contribution in [3.05, 3.63) is 17.7 Å². The van der Waals surface area contributed by atoms with Gasteiger partial charge in [0.1, 0.15) is 5.82 Å². The number of imidazole rings is 1. The summed E-state index contributed by atoms with van der Waals surface area (Å²) >= 11 is 0. The van der Waals surface area contributed by atoms with Crippen LogP contribution in [0.3, 0.4) is 0 Å². The summed E-state index contributed by atoms with van der Waals surface area (Å²) < 4.78 is 0. The summed E-state index contributed by atoms with van der Waals surface area (Å²) in [7, 11) is 0. The standard InChI is InChI=1S/C19H32N2/c1-14-9-7-8-11-17-16(14)10-5-3-4-6-12-18(17)19-20-13-15(2)21-19/h13-14,16-18H,3-12H2,1-2H3,(H,20,21). The molecule has 2 aliphatic carbocycles. The molecular weight excluding hydrogens is 256 g/mol. The molecule has 0 aliphatic heterocycles. The Balaban J connectivity index is 1.89. The first-order chi connectivity index (χ1) is 10.3. The Labute approximate surface area is 130 Å². The molecule has 2 saturated carbocycles. The minimum Gasteiger partial charge on any atom is -0.346 e. The lowest BCUT2D eigenvalue weighted by atomic mass is 9.71. The number of rotatable bonds is 1. The summed E-state index contributed by atoms with van der Waals surface area (Å²) in [6, 6.07) is 0. The minimum atomic E-state index is 0.683. The van der Waals surface area contributed by atoms with Gasteiger partial charge in [-0.2, -0.15) is 0 Å². The van der Waals surface area contributed by atoms with Crippen molar-refractivity contribution >= 4 is 0 Å². The van der Waals surface area contributed by atoms with Gasteiger partial charge in [0.2, 0.25) is 0 Å². The van der Waals surface area contributed by atoms with E-state index in [2.05, 4.69) is 18.8 Å². The van der Waals surface area contributed by atoms with Gasteiger partial charge in [-0.15, -0.1) is 0 Å². The van der Waals surface area contributed by atoms with E-state index in [-0.39, 0.29) is 0 Å². The highest BCUT2D eigenvalue weighted by molar-refractivity contribution is 5.07. The first-order valence-corrected chi connectivity index (χ1v) is 9.27. The lowest BCUT2D eigenvalue weighted by Crippen LogP contribution is -2.26. The molecule has 118 valence electrons. The first-order valence-electron chi connectivity index (χ1n) is 9.27. The molecular formula is C19H32N2. The molecule has 1 N–H and O–H groups in total. The number of aromatic amines is 1. The van der Waals surface area contributed by atoms with Gasteiger partial charge in [-0.25, -0.2) is 4.98 Å². The van der Waals surface area contributed by atoms with Crippen molar-refractivity contribution in [3.8, 4) is 0 Å². The van der Waals surface area contributed by atoms with Gasteiger partial charge in [0.25, 0.3) is 0 Å². The molecule has 0 amide bonds. The number of hydrogen-bond acceptors (Lipinski definition) is 1. The molecule has 1 aromatic heterocycles. The van der Waals surface area contributed by atoms with E-state index in [1.165, 1.54) is 75.7 Å². The molecule has 0 radical (unpaired) electrons. The summed E-state index contributed by atoms with van der Waals surface area (Å²) in [5.74, 6) is 4.68. The van der Waals surface area contributed by atoms with Crippen molar-refractivity contribution < 1.29 is 0 Å². The van der Waals surface area contributed by atoms with E-state index < -0.39 is 0 Å². The largest absolute Gasteiger partial charge is 0.346 e. The van der Waals surface area contributed by atoms with Gasteiger partial charge in [0.15, 0.2) is 0 Å². The van der Waals surface area contributed by atoms with Crippen LogP contribution in [0.1, 0.15) is 88.6 Å². The molecule has 0 aromatic carbocycles. The van der Waals surface area contributed by atoms with E-state index in [1.54, 1.807) is 0 Å². The van der Waals surface area contributed by atoms with Crippen LogP contribution < -0.4 is 0 Å². The maximum Gasteiger partial charge on any atom is 0.109 e. The van der Waals surface area contributed by atoms with Gasteiger partial charge in [-0.3, -0.25) is 0 Å². The monoisotopic (exact) mass is 288 g/mol. The smallest absolute Gasteiger partial charge is 0.109 e. The van der Waals surface area contributed by atoms with Crippen molar-refractivity contribution in [2.24, 2.45) is 17.8 Å². The molecule has 2 heteroatoms. The first kappa shape index (κ1) is 15.1. The van der Waals surface area contributed by atoms with Gasteiger partial charge in [-0.05, 0) is 43.9 Å². The number of aryl methyl sites for hydroxylation is 1. The lowest BCUT2D eigenvalue weighted by molar-refractivity contribution is 0.187. The normalized spacial score (nSPS) is 35.1. The average molecular weight is 288 g/mol. The van der Waals surface area contributed by atoms with Crippen molar-refractivity contribution in [2.75, 3.05) is 0 Å². The number of fused-ring (bicyclic) bond motifs is 1. The quantitative estimate of drug-likeness (QED) is 0.716. The van der Waals surface area contributed by atoms with Crippen molar-refractivity contribution in [3.63, 3.8) is 0 Å². The fraction of sp³-hybridized carbons (Fsp3) is 0.842. The van der Waals surface area contributed by atoms with Crippen LogP contribution in [0, 0.1) is 24.7 Å². The van der Waals surface area contributed by atoms with Crippen LogP contribution in [0.15, 0.2) is 6.20 Å². The lowest BCUT2D eigenvalue weighted by Gasteiger charge is -2.34. The Hall–Kier alpha value is -0.790. The molecule has 0 saturated heterocycles. The third-order valence-corrected chi connectivity index (χ3v) is 6.12. The van der Waals surface area contributed by atoms with Crippen LogP contribution in [0.4, 0.5) is 0 Å². The highest BCUT2D eigenvalue weighted by Gasteiger charge is 2.36. The summed E-state index contributed by atoms with van der Waals surface area (Å²) in [5.41, 5.74) is 1.23. The van der Waals surface area contributed by atoms with E-state index >= 15 is 0 Å². The number of nitrogens with zero attached hydrogens (tertiary/aromatic N) is 1. The van der Waals surface area contributed by atoms with E-state index in [0.717, 1.165) is 17.8 Å². The van der Waals surface area contributed by atoms with E-state index in [1.807, 2.05) is 6.20 Å². The Morgan fingerprint density at radius 3 is 2.33 bits per heavy atom. The van der Waals surface area contributed by atoms with Gasteiger partial charge >= 0.3 is 0 Å². The molecule has 2 aliphatic rings. The van der Waals surface area contributed by atoms with E-state index in [0.29, 0.717) is 5.92 Å². The number of H-pyrrole nitrogens is 1. The zero-order chi connectivity index (χ0) is 14.7.